The Bertz CT molecular complexity index is 507. The zero-order chi connectivity index (χ0) is 12.3. The molecule has 0 bridgehead atoms. The summed E-state index contributed by atoms with van der Waals surface area (Å²) in [5, 5.41) is 9.32. The Morgan fingerprint density at radius 2 is 2.00 bits per heavy atom. The van der Waals surface area contributed by atoms with Crippen LogP contribution in [0.15, 0.2) is 52.5 Å². The van der Waals surface area contributed by atoms with E-state index in [-0.39, 0.29) is 5.70 Å². The largest absolute Gasteiger partial charge is 0.340 e. The molecular formula is C11H10N4O2. The van der Waals surface area contributed by atoms with E-state index in [9.17, 15) is 9.59 Å². The maximum atomic E-state index is 11.8. The SMILES string of the molecule is CNC(=O)N(C1=CN=NC1=O)c1ccccc1. The molecule has 1 aliphatic heterocycles. The van der Waals surface area contributed by atoms with Crippen LogP contribution < -0.4 is 10.2 Å². The molecule has 2 rings (SSSR count). The lowest BCUT2D eigenvalue weighted by Crippen LogP contribution is -2.39. The van der Waals surface area contributed by atoms with Gasteiger partial charge in [0, 0.05) is 7.05 Å². The van der Waals surface area contributed by atoms with Crippen molar-refractivity contribution in [2.45, 2.75) is 0 Å². The normalized spacial score (nSPS) is 13.5. The molecule has 3 amide bonds. The predicted molar refractivity (Wildman–Crippen MR) is 61.3 cm³/mol. The summed E-state index contributed by atoms with van der Waals surface area (Å²) in [6.07, 6.45) is 1.27. The van der Waals surface area contributed by atoms with Gasteiger partial charge >= 0.3 is 11.9 Å². The summed E-state index contributed by atoms with van der Waals surface area (Å²) >= 11 is 0. The first-order valence-electron chi connectivity index (χ1n) is 4.96. The van der Waals surface area contributed by atoms with Crippen LogP contribution in [-0.2, 0) is 4.79 Å². The van der Waals surface area contributed by atoms with Crippen LogP contribution in [0.3, 0.4) is 0 Å². The van der Waals surface area contributed by atoms with E-state index in [1.807, 2.05) is 6.07 Å². The summed E-state index contributed by atoms with van der Waals surface area (Å²) in [5.74, 6) is -0.530. The number of anilines is 1. The number of amides is 3. The highest BCUT2D eigenvalue weighted by atomic mass is 16.2. The highest BCUT2D eigenvalue weighted by Gasteiger charge is 2.26. The van der Waals surface area contributed by atoms with Crippen molar-refractivity contribution in [3.8, 4) is 0 Å². The molecule has 0 spiro atoms. The molecule has 0 aromatic heterocycles. The molecule has 0 radical (unpaired) electrons. The van der Waals surface area contributed by atoms with Crippen LogP contribution in [0.5, 0.6) is 0 Å². The Hall–Kier alpha value is -2.50. The second-order valence-electron chi connectivity index (χ2n) is 3.26. The van der Waals surface area contributed by atoms with E-state index in [1.165, 1.54) is 18.1 Å². The Labute approximate surface area is 97.6 Å². The lowest BCUT2D eigenvalue weighted by atomic mass is 10.2. The Kier molecular flexibility index (Phi) is 2.95. The summed E-state index contributed by atoms with van der Waals surface area (Å²) in [5.41, 5.74) is 0.717. The summed E-state index contributed by atoms with van der Waals surface area (Å²) < 4.78 is 0. The van der Waals surface area contributed by atoms with Gasteiger partial charge in [-0.3, -0.25) is 9.69 Å². The fraction of sp³-hybridized carbons (Fsp3) is 0.0909. The Morgan fingerprint density at radius 3 is 2.53 bits per heavy atom. The zero-order valence-electron chi connectivity index (χ0n) is 9.12. The Balaban J connectivity index is 2.40. The maximum absolute atomic E-state index is 11.8. The summed E-state index contributed by atoms with van der Waals surface area (Å²) in [7, 11) is 1.49. The molecule has 1 aliphatic rings. The molecule has 1 N–H and O–H groups in total. The molecular weight excluding hydrogens is 220 g/mol. The second-order valence-corrected chi connectivity index (χ2v) is 3.26. The quantitative estimate of drug-likeness (QED) is 0.839. The number of benzene rings is 1. The van der Waals surface area contributed by atoms with Gasteiger partial charge in [0.05, 0.1) is 11.9 Å². The van der Waals surface area contributed by atoms with Crippen LogP contribution >= 0.6 is 0 Å². The fourth-order valence-corrected chi connectivity index (χ4v) is 1.45. The van der Waals surface area contributed by atoms with Gasteiger partial charge in [-0.25, -0.2) is 4.79 Å². The molecule has 6 heteroatoms. The summed E-state index contributed by atoms with van der Waals surface area (Å²) in [6.45, 7) is 0. The maximum Gasteiger partial charge on any atom is 0.326 e. The van der Waals surface area contributed by atoms with Gasteiger partial charge < -0.3 is 5.32 Å². The van der Waals surface area contributed by atoms with Gasteiger partial charge in [-0.1, -0.05) is 18.2 Å². The Morgan fingerprint density at radius 1 is 1.29 bits per heavy atom. The first-order chi connectivity index (χ1) is 8.24. The highest BCUT2D eigenvalue weighted by molar-refractivity contribution is 6.08. The third-order valence-electron chi connectivity index (χ3n) is 2.22. The van der Waals surface area contributed by atoms with Crippen LogP contribution in [-0.4, -0.2) is 19.0 Å². The molecule has 1 aromatic rings. The topological polar surface area (TPSA) is 74.1 Å². The van der Waals surface area contributed by atoms with Gasteiger partial charge in [0.25, 0.3) is 0 Å². The summed E-state index contributed by atoms with van der Waals surface area (Å²) in [6, 6.07) is 8.41. The van der Waals surface area contributed by atoms with E-state index in [2.05, 4.69) is 15.5 Å². The summed E-state index contributed by atoms with van der Waals surface area (Å²) in [4.78, 5) is 24.5. The minimum absolute atomic E-state index is 0.135. The standard InChI is InChI=1S/C11H10N4O2/c1-12-11(17)15(8-5-3-2-4-6-8)9-7-13-14-10(9)16/h2-7H,1H3,(H,12,17). The van der Waals surface area contributed by atoms with Crippen LogP contribution in [0.2, 0.25) is 0 Å². The van der Waals surface area contributed by atoms with Gasteiger partial charge in [0.15, 0.2) is 0 Å². The minimum Gasteiger partial charge on any atom is -0.340 e. The van der Waals surface area contributed by atoms with E-state index in [1.54, 1.807) is 24.3 Å². The molecule has 86 valence electrons. The fourth-order valence-electron chi connectivity index (χ4n) is 1.45. The predicted octanol–water partition coefficient (Wildman–Crippen LogP) is 1.67. The van der Waals surface area contributed by atoms with Crippen LogP contribution in [0.1, 0.15) is 0 Å². The molecule has 0 aliphatic carbocycles. The smallest absolute Gasteiger partial charge is 0.326 e. The number of para-hydroxylation sites is 1. The van der Waals surface area contributed by atoms with Crippen molar-refractivity contribution in [1.29, 1.82) is 0 Å². The van der Waals surface area contributed by atoms with Crippen molar-refractivity contribution in [3.05, 3.63) is 42.2 Å². The number of carbonyl (C=O) groups is 2. The lowest BCUT2D eigenvalue weighted by Gasteiger charge is -2.21. The van der Waals surface area contributed by atoms with Crippen LogP contribution in [0.4, 0.5) is 10.5 Å². The molecule has 0 saturated heterocycles. The van der Waals surface area contributed by atoms with Gasteiger partial charge in [0.2, 0.25) is 0 Å². The third-order valence-corrected chi connectivity index (χ3v) is 2.22. The van der Waals surface area contributed by atoms with Crippen molar-refractivity contribution in [2.75, 3.05) is 11.9 Å². The molecule has 0 saturated carbocycles. The van der Waals surface area contributed by atoms with Crippen molar-refractivity contribution in [3.63, 3.8) is 0 Å². The van der Waals surface area contributed by atoms with Crippen molar-refractivity contribution in [1.82, 2.24) is 5.32 Å². The number of hydrogen-bond acceptors (Lipinski definition) is 3. The zero-order valence-corrected chi connectivity index (χ0v) is 9.12. The van der Waals surface area contributed by atoms with E-state index < -0.39 is 11.9 Å². The van der Waals surface area contributed by atoms with Crippen molar-refractivity contribution < 1.29 is 9.59 Å². The molecule has 0 fully saturated rings. The highest BCUT2D eigenvalue weighted by Crippen LogP contribution is 2.22. The monoisotopic (exact) mass is 230 g/mol. The number of azo groups is 1. The van der Waals surface area contributed by atoms with Gasteiger partial charge in [-0.05, 0) is 12.1 Å². The number of nitrogens with one attached hydrogen (secondary N) is 1. The van der Waals surface area contributed by atoms with Gasteiger partial charge in [-0.2, -0.15) is 5.11 Å². The van der Waals surface area contributed by atoms with Crippen LogP contribution in [0.25, 0.3) is 0 Å². The number of hydrogen-bond donors (Lipinski definition) is 1. The number of nitrogens with zero attached hydrogens (tertiary/aromatic N) is 3. The molecule has 0 atom stereocenters. The number of rotatable bonds is 2. The van der Waals surface area contributed by atoms with Gasteiger partial charge in [0.1, 0.15) is 5.70 Å². The first kappa shape index (κ1) is 11.0. The number of urea groups is 1. The lowest BCUT2D eigenvalue weighted by molar-refractivity contribution is -0.114. The molecule has 17 heavy (non-hydrogen) atoms. The van der Waals surface area contributed by atoms with Crippen molar-refractivity contribution in [2.24, 2.45) is 10.2 Å². The number of carbonyl (C=O) groups excluding carboxylic acids is 2. The van der Waals surface area contributed by atoms with E-state index in [0.717, 1.165) is 0 Å². The van der Waals surface area contributed by atoms with Gasteiger partial charge in [-0.15, -0.1) is 5.11 Å². The molecule has 6 nitrogen and oxygen atoms in total. The van der Waals surface area contributed by atoms with E-state index in [0.29, 0.717) is 5.69 Å². The molecule has 1 aromatic carbocycles. The average molecular weight is 230 g/mol. The average Bonchev–Trinajstić information content (AvgIpc) is 2.77. The molecule has 0 unspecified atom stereocenters. The minimum atomic E-state index is -0.530. The first-order valence-corrected chi connectivity index (χ1v) is 4.96. The van der Waals surface area contributed by atoms with Crippen molar-refractivity contribution >= 4 is 17.6 Å². The molecule has 1 heterocycles. The van der Waals surface area contributed by atoms with Crippen LogP contribution in [0, 0.1) is 0 Å². The van der Waals surface area contributed by atoms with E-state index >= 15 is 0 Å². The van der Waals surface area contributed by atoms with E-state index in [4.69, 9.17) is 0 Å². The second kappa shape index (κ2) is 4.56. The third kappa shape index (κ3) is 2.05.